The number of ether oxygens (including phenoxy) is 5. The molecule has 2 N–H and O–H groups in total. The molecule has 0 aromatic carbocycles. The molecular formula is C21H32O11. The summed E-state index contributed by atoms with van der Waals surface area (Å²) in [5.74, 6) is -3.61. The summed E-state index contributed by atoms with van der Waals surface area (Å²) in [4.78, 5) is 47.2. The Hall–Kier alpha value is -2.66. The molecule has 0 fully saturated rings. The van der Waals surface area contributed by atoms with Gasteiger partial charge in [-0.3, -0.25) is 14.4 Å². The summed E-state index contributed by atoms with van der Waals surface area (Å²) < 4.78 is 25.3. The normalized spacial score (nSPS) is 17.4. The van der Waals surface area contributed by atoms with Crippen molar-refractivity contribution in [2.24, 2.45) is 0 Å². The Bertz CT molecular complexity index is 685. The molecule has 1 aliphatic rings. The summed E-state index contributed by atoms with van der Waals surface area (Å²) in [6.07, 6.45) is -2.20. The first-order chi connectivity index (χ1) is 15.2. The zero-order valence-corrected chi connectivity index (χ0v) is 18.7. The summed E-state index contributed by atoms with van der Waals surface area (Å²) in [6.45, 7) is 4.02. The topological polar surface area (TPSA) is 155 Å². The van der Waals surface area contributed by atoms with E-state index in [0.717, 1.165) is 0 Å². The quantitative estimate of drug-likeness (QED) is 0.264. The van der Waals surface area contributed by atoms with Crippen molar-refractivity contribution in [2.45, 2.75) is 77.6 Å². The third-order valence-electron chi connectivity index (χ3n) is 4.11. The predicted molar refractivity (Wildman–Crippen MR) is 108 cm³/mol. The molecule has 11 heteroatoms. The SMILES string of the molecule is CCCC(=O)OCC(O)COC1=C(OC(=O)CCC)[C@@H]([C@@H](O)COC(=O)CCC)OC1=O. The number of cyclic esters (lactones) is 1. The predicted octanol–water partition coefficient (Wildman–Crippen LogP) is 0.892. The lowest BCUT2D eigenvalue weighted by atomic mass is 10.2. The lowest BCUT2D eigenvalue weighted by Crippen LogP contribution is -2.34. The first-order valence-electron chi connectivity index (χ1n) is 10.7. The lowest BCUT2D eigenvalue weighted by Gasteiger charge is -2.19. The molecular weight excluding hydrogens is 428 g/mol. The van der Waals surface area contributed by atoms with Crippen molar-refractivity contribution in [1.82, 2.24) is 0 Å². The maximum Gasteiger partial charge on any atom is 0.378 e. The highest BCUT2D eigenvalue weighted by Crippen LogP contribution is 2.28. The van der Waals surface area contributed by atoms with Crippen molar-refractivity contribution >= 4 is 23.9 Å². The number of carbonyl (C=O) groups excluding carboxylic acids is 4. The summed E-state index contributed by atoms with van der Waals surface area (Å²) in [6, 6.07) is 0. The average molecular weight is 460 g/mol. The number of rotatable bonds is 15. The summed E-state index contributed by atoms with van der Waals surface area (Å²) >= 11 is 0. The van der Waals surface area contributed by atoms with Crippen molar-refractivity contribution in [1.29, 1.82) is 0 Å². The zero-order valence-electron chi connectivity index (χ0n) is 18.7. The van der Waals surface area contributed by atoms with Crippen LogP contribution in [0.1, 0.15) is 59.3 Å². The van der Waals surface area contributed by atoms with Crippen LogP contribution in [0.3, 0.4) is 0 Å². The molecule has 0 spiro atoms. The van der Waals surface area contributed by atoms with E-state index in [2.05, 4.69) is 0 Å². The molecule has 32 heavy (non-hydrogen) atoms. The van der Waals surface area contributed by atoms with E-state index in [1.165, 1.54) is 0 Å². The molecule has 1 aliphatic heterocycles. The van der Waals surface area contributed by atoms with Crippen molar-refractivity contribution in [3.05, 3.63) is 11.5 Å². The average Bonchev–Trinajstić information content (AvgIpc) is 3.04. The second kappa shape index (κ2) is 14.4. The van der Waals surface area contributed by atoms with Gasteiger partial charge in [0.05, 0.1) is 0 Å². The first-order valence-corrected chi connectivity index (χ1v) is 10.7. The molecule has 0 aromatic heterocycles. The molecule has 0 bridgehead atoms. The third-order valence-corrected chi connectivity index (χ3v) is 4.11. The molecule has 0 radical (unpaired) electrons. The van der Waals surface area contributed by atoms with E-state index < -0.39 is 61.2 Å². The fourth-order valence-corrected chi connectivity index (χ4v) is 2.55. The van der Waals surface area contributed by atoms with Gasteiger partial charge in [-0.15, -0.1) is 0 Å². The summed E-state index contributed by atoms with van der Waals surface area (Å²) in [7, 11) is 0. The van der Waals surface area contributed by atoms with E-state index >= 15 is 0 Å². The van der Waals surface area contributed by atoms with Crippen molar-refractivity contribution in [2.75, 3.05) is 19.8 Å². The molecule has 0 saturated heterocycles. The molecule has 0 amide bonds. The van der Waals surface area contributed by atoms with Gasteiger partial charge in [0.15, 0.2) is 6.10 Å². The van der Waals surface area contributed by atoms with Crippen LogP contribution in [0.15, 0.2) is 11.5 Å². The fraction of sp³-hybridized carbons (Fsp3) is 0.714. The van der Waals surface area contributed by atoms with Gasteiger partial charge in [-0.05, 0) is 19.3 Å². The monoisotopic (exact) mass is 460 g/mol. The highest BCUT2D eigenvalue weighted by atomic mass is 16.6. The van der Waals surface area contributed by atoms with Gasteiger partial charge in [0.1, 0.15) is 32.0 Å². The van der Waals surface area contributed by atoms with Gasteiger partial charge < -0.3 is 33.9 Å². The molecule has 1 rings (SSSR count). The molecule has 0 aliphatic carbocycles. The highest BCUT2D eigenvalue weighted by molar-refractivity contribution is 5.90. The summed E-state index contributed by atoms with van der Waals surface area (Å²) in [5, 5.41) is 20.3. The Balaban J connectivity index is 2.86. The van der Waals surface area contributed by atoms with E-state index in [9.17, 15) is 29.4 Å². The van der Waals surface area contributed by atoms with E-state index in [1.54, 1.807) is 20.8 Å². The fourth-order valence-electron chi connectivity index (χ4n) is 2.55. The van der Waals surface area contributed by atoms with E-state index in [-0.39, 0.29) is 31.6 Å². The van der Waals surface area contributed by atoms with Crippen molar-refractivity contribution in [3.63, 3.8) is 0 Å². The molecule has 182 valence electrons. The number of hydrogen-bond acceptors (Lipinski definition) is 11. The summed E-state index contributed by atoms with van der Waals surface area (Å²) in [5.41, 5.74) is 0. The van der Waals surface area contributed by atoms with Gasteiger partial charge in [0.25, 0.3) is 0 Å². The van der Waals surface area contributed by atoms with Gasteiger partial charge >= 0.3 is 23.9 Å². The van der Waals surface area contributed by atoms with Crippen LogP contribution in [0.2, 0.25) is 0 Å². The molecule has 3 atom stereocenters. The van der Waals surface area contributed by atoms with Gasteiger partial charge in [0, 0.05) is 19.3 Å². The van der Waals surface area contributed by atoms with E-state index in [4.69, 9.17) is 23.7 Å². The van der Waals surface area contributed by atoms with Crippen LogP contribution >= 0.6 is 0 Å². The minimum absolute atomic E-state index is 0.0370. The molecule has 11 nitrogen and oxygen atoms in total. The second-order valence-corrected chi connectivity index (χ2v) is 7.14. The maximum absolute atomic E-state index is 12.3. The molecule has 0 saturated carbocycles. The van der Waals surface area contributed by atoms with E-state index in [0.29, 0.717) is 19.3 Å². The Morgan fingerprint density at radius 2 is 1.41 bits per heavy atom. The van der Waals surface area contributed by atoms with Crippen LogP contribution in [0.25, 0.3) is 0 Å². The first kappa shape index (κ1) is 27.4. The van der Waals surface area contributed by atoms with Crippen LogP contribution in [0, 0.1) is 0 Å². The van der Waals surface area contributed by atoms with Crippen LogP contribution < -0.4 is 0 Å². The van der Waals surface area contributed by atoms with Gasteiger partial charge in [-0.25, -0.2) is 4.79 Å². The van der Waals surface area contributed by atoms with E-state index in [1.807, 2.05) is 0 Å². The zero-order chi connectivity index (χ0) is 24.1. The highest BCUT2D eigenvalue weighted by Gasteiger charge is 2.43. The van der Waals surface area contributed by atoms with Gasteiger partial charge in [0.2, 0.25) is 11.5 Å². The van der Waals surface area contributed by atoms with Crippen LogP contribution in [-0.2, 0) is 42.9 Å². The van der Waals surface area contributed by atoms with Crippen LogP contribution in [0.4, 0.5) is 0 Å². The second-order valence-electron chi connectivity index (χ2n) is 7.14. The Morgan fingerprint density at radius 3 is 1.97 bits per heavy atom. The lowest BCUT2D eigenvalue weighted by molar-refractivity contribution is -0.157. The molecule has 1 heterocycles. The number of carbonyl (C=O) groups is 4. The number of esters is 4. The number of hydrogen-bond donors (Lipinski definition) is 2. The van der Waals surface area contributed by atoms with Crippen LogP contribution in [-0.4, -0.2) is 72.2 Å². The van der Waals surface area contributed by atoms with Crippen molar-refractivity contribution in [3.8, 4) is 0 Å². The smallest absolute Gasteiger partial charge is 0.378 e. The largest absolute Gasteiger partial charge is 0.481 e. The van der Waals surface area contributed by atoms with Gasteiger partial charge in [-0.1, -0.05) is 20.8 Å². The minimum Gasteiger partial charge on any atom is -0.481 e. The van der Waals surface area contributed by atoms with Gasteiger partial charge in [-0.2, -0.15) is 0 Å². The Labute approximate surface area is 186 Å². The Kier molecular flexibility index (Phi) is 12.3. The maximum atomic E-state index is 12.3. The molecule has 0 aromatic rings. The standard InChI is InChI=1S/C21H32O11/c1-4-7-15(24)28-10-13(22)11-30-20-19(31-17(26)9-6-3)18(32-21(20)27)14(23)12-29-16(25)8-5-2/h13-14,18,22-23H,4-12H2,1-3H3/t13?,14-,18+/m0/s1. The number of aliphatic hydroxyl groups excluding tert-OH is 2. The Morgan fingerprint density at radius 1 is 0.875 bits per heavy atom. The third kappa shape index (κ3) is 9.23. The molecule has 1 unspecified atom stereocenters. The minimum atomic E-state index is -1.51. The van der Waals surface area contributed by atoms with Crippen LogP contribution in [0.5, 0.6) is 0 Å². The number of aliphatic hydroxyl groups is 2. The van der Waals surface area contributed by atoms with Crippen molar-refractivity contribution < 1.29 is 53.1 Å².